The molecule has 2 aliphatic rings. The van der Waals surface area contributed by atoms with Crippen molar-refractivity contribution in [3.8, 4) is 0 Å². The molecular formula is C20H22ClN3O3S2. The molecule has 0 saturated carbocycles. The monoisotopic (exact) mass is 451 g/mol. The Labute approximate surface area is 179 Å². The lowest BCUT2D eigenvalue weighted by Crippen LogP contribution is -2.40. The number of nitrogens with one attached hydrogen (secondary N) is 2. The number of benzene rings is 1. The standard InChI is InChI=1S/C20H22ClN3O3S2/c1-13-10-15-11-16(3-2-14(15)12-22-13)24-8-6-18(20(24)25)23-29(26,27)9-7-17-4-5-19(21)28-17/h2-5,7,9,11,13,18,22-23H,6,8,10,12H2,1H3/b9-7+/t13-,18?/m0/s1. The van der Waals surface area contributed by atoms with E-state index in [1.807, 2.05) is 12.1 Å². The maximum absolute atomic E-state index is 12.8. The fourth-order valence-electron chi connectivity index (χ4n) is 3.69. The zero-order valence-corrected chi connectivity index (χ0v) is 18.3. The van der Waals surface area contributed by atoms with E-state index in [1.165, 1.54) is 28.5 Å². The van der Waals surface area contributed by atoms with Crippen LogP contribution in [0.25, 0.3) is 6.08 Å². The van der Waals surface area contributed by atoms with Gasteiger partial charge in [0.25, 0.3) is 0 Å². The molecule has 29 heavy (non-hydrogen) atoms. The molecule has 0 radical (unpaired) electrons. The fraction of sp³-hybridized carbons (Fsp3) is 0.350. The molecule has 0 bridgehead atoms. The fourth-order valence-corrected chi connectivity index (χ4v) is 5.76. The highest BCUT2D eigenvalue weighted by Gasteiger charge is 2.35. The summed E-state index contributed by atoms with van der Waals surface area (Å²) in [4.78, 5) is 15.2. The lowest BCUT2D eigenvalue weighted by Gasteiger charge is -2.25. The van der Waals surface area contributed by atoms with Gasteiger partial charge in [0.1, 0.15) is 6.04 Å². The van der Waals surface area contributed by atoms with Crippen LogP contribution >= 0.6 is 22.9 Å². The molecule has 1 saturated heterocycles. The highest BCUT2D eigenvalue weighted by molar-refractivity contribution is 7.92. The van der Waals surface area contributed by atoms with E-state index < -0.39 is 16.1 Å². The van der Waals surface area contributed by atoms with E-state index in [1.54, 1.807) is 17.0 Å². The summed E-state index contributed by atoms with van der Waals surface area (Å²) < 4.78 is 27.9. The Morgan fingerprint density at radius 2 is 2.10 bits per heavy atom. The molecule has 4 rings (SSSR count). The summed E-state index contributed by atoms with van der Waals surface area (Å²) in [5, 5.41) is 4.51. The van der Waals surface area contributed by atoms with Crippen molar-refractivity contribution in [2.45, 2.75) is 38.4 Å². The van der Waals surface area contributed by atoms with Crippen LogP contribution in [0.4, 0.5) is 5.69 Å². The molecule has 1 fully saturated rings. The maximum Gasteiger partial charge on any atom is 0.245 e. The number of amides is 1. The molecule has 1 aromatic carbocycles. The smallest absolute Gasteiger partial charge is 0.245 e. The zero-order valence-electron chi connectivity index (χ0n) is 15.9. The molecule has 154 valence electrons. The van der Waals surface area contributed by atoms with Gasteiger partial charge < -0.3 is 10.2 Å². The molecule has 1 amide bonds. The van der Waals surface area contributed by atoms with Crippen LogP contribution in [0.2, 0.25) is 4.34 Å². The minimum Gasteiger partial charge on any atom is -0.311 e. The number of carbonyl (C=O) groups excluding carboxylic acids is 1. The van der Waals surface area contributed by atoms with Crippen LogP contribution in [0.3, 0.4) is 0 Å². The van der Waals surface area contributed by atoms with Gasteiger partial charge in [-0.15, -0.1) is 11.3 Å². The number of fused-ring (bicyclic) bond motifs is 1. The van der Waals surface area contributed by atoms with Crippen LogP contribution in [0, 0.1) is 0 Å². The highest BCUT2D eigenvalue weighted by Crippen LogP contribution is 2.27. The van der Waals surface area contributed by atoms with E-state index in [0.717, 1.165) is 28.9 Å². The van der Waals surface area contributed by atoms with Crippen molar-refractivity contribution < 1.29 is 13.2 Å². The van der Waals surface area contributed by atoms with Crippen LogP contribution < -0.4 is 14.9 Å². The summed E-state index contributed by atoms with van der Waals surface area (Å²) in [7, 11) is -3.74. The van der Waals surface area contributed by atoms with Crippen molar-refractivity contribution in [3.63, 3.8) is 0 Å². The number of rotatable bonds is 5. The summed E-state index contributed by atoms with van der Waals surface area (Å²) in [6.45, 7) is 3.46. The average Bonchev–Trinajstić information content (AvgIpc) is 3.25. The van der Waals surface area contributed by atoms with Crippen molar-refractivity contribution in [2.75, 3.05) is 11.4 Å². The molecule has 6 nitrogen and oxygen atoms in total. The maximum atomic E-state index is 12.8. The third-order valence-electron chi connectivity index (χ3n) is 5.19. The first-order chi connectivity index (χ1) is 13.8. The van der Waals surface area contributed by atoms with Crippen LogP contribution in [-0.2, 0) is 27.8 Å². The molecule has 2 N–H and O–H groups in total. The number of thiophene rings is 1. The Balaban J connectivity index is 1.45. The second kappa shape index (κ2) is 8.20. The summed E-state index contributed by atoms with van der Waals surface area (Å²) >= 11 is 7.15. The van der Waals surface area contributed by atoms with Gasteiger partial charge in [0.2, 0.25) is 15.9 Å². The van der Waals surface area contributed by atoms with Crippen molar-refractivity contribution in [2.24, 2.45) is 0 Å². The van der Waals surface area contributed by atoms with E-state index in [2.05, 4.69) is 23.0 Å². The molecule has 2 aromatic rings. The molecule has 1 aromatic heterocycles. The summed E-state index contributed by atoms with van der Waals surface area (Å²) in [6.07, 6.45) is 2.83. The normalized spacial score (nSPS) is 22.4. The highest BCUT2D eigenvalue weighted by atomic mass is 35.5. The minimum absolute atomic E-state index is 0.219. The molecular weight excluding hydrogens is 430 g/mol. The molecule has 0 aliphatic carbocycles. The van der Waals surface area contributed by atoms with Crippen LogP contribution in [-0.4, -0.2) is 33.0 Å². The number of sulfonamides is 1. The lowest BCUT2D eigenvalue weighted by atomic mass is 9.96. The Morgan fingerprint density at radius 1 is 1.28 bits per heavy atom. The summed E-state index contributed by atoms with van der Waals surface area (Å²) in [5.74, 6) is -0.219. The first-order valence-electron chi connectivity index (χ1n) is 9.43. The number of hydrogen-bond donors (Lipinski definition) is 2. The van der Waals surface area contributed by atoms with E-state index in [4.69, 9.17) is 11.6 Å². The Hall–Kier alpha value is -1.71. The third-order valence-corrected chi connectivity index (χ3v) is 7.49. The topological polar surface area (TPSA) is 78.5 Å². The number of anilines is 1. The number of halogens is 1. The lowest BCUT2D eigenvalue weighted by molar-refractivity contribution is -0.118. The number of nitrogens with zero attached hydrogens (tertiary/aromatic N) is 1. The molecule has 2 aliphatic heterocycles. The largest absolute Gasteiger partial charge is 0.311 e. The number of hydrogen-bond acceptors (Lipinski definition) is 5. The minimum atomic E-state index is -3.74. The van der Waals surface area contributed by atoms with Crippen molar-refractivity contribution in [1.29, 1.82) is 0 Å². The van der Waals surface area contributed by atoms with E-state index >= 15 is 0 Å². The van der Waals surface area contributed by atoms with Gasteiger partial charge in [0, 0.05) is 35.1 Å². The summed E-state index contributed by atoms with van der Waals surface area (Å²) in [6, 6.07) is 9.13. The van der Waals surface area contributed by atoms with E-state index in [9.17, 15) is 13.2 Å². The van der Waals surface area contributed by atoms with Crippen LogP contribution in [0.1, 0.15) is 29.3 Å². The number of carbonyl (C=O) groups is 1. The molecule has 1 unspecified atom stereocenters. The van der Waals surface area contributed by atoms with Gasteiger partial charge in [-0.2, -0.15) is 4.72 Å². The third kappa shape index (κ3) is 4.73. The van der Waals surface area contributed by atoms with Crippen LogP contribution in [0.15, 0.2) is 35.7 Å². The predicted octanol–water partition coefficient (Wildman–Crippen LogP) is 3.13. The van der Waals surface area contributed by atoms with E-state index in [-0.39, 0.29) is 5.91 Å². The van der Waals surface area contributed by atoms with Gasteiger partial charge >= 0.3 is 0 Å². The molecule has 0 spiro atoms. The zero-order chi connectivity index (χ0) is 20.6. The first-order valence-corrected chi connectivity index (χ1v) is 12.2. The van der Waals surface area contributed by atoms with Crippen molar-refractivity contribution >= 4 is 50.6 Å². The second-order valence-corrected chi connectivity index (χ2v) is 10.7. The average molecular weight is 452 g/mol. The SMILES string of the molecule is C[C@H]1Cc2cc(N3CCC(NS(=O)(=O)/C=C/c4ccc(Cl)s4)C3=O)ccc2CN1. The van der Waals surface area contributed by atoms with Crippen LogP contribution in [0.5, 0.6) is 0 Å². The van der Waals surface area contributed by atoms with Gasteiger partial charge in [-0.1, -0.05) is 17.7 Å². The van der Waals surface area contributed by atoms with Gasteiger partial charge in [-0.05, 0) is 61.2 Å². The molecule has 2 atom stereocenters. The Morgan fingerprint density at radius 3 is 2.86 bits per heavy atom. The Kier molecular flexibility index (Phi) is 5.81. The molecule has 3 heterocycles. The first kappa shape index (κ1) is 20.6. The van der Waals surface area contributed by atoms with E-state index in [0.29, 0.717) is 23.3 Å². The summed E-state index contributed by atoms with van der Waals surface area (Å²) in [5.41, 5.74) is 3.31. The predicted molar refractivity (Wildman–Crippen MR) is 118 cm³/mol. The molecule has 9 heteroatoms. The Bertz CT molecular complexity index is 1060. The quantitative estimate of drug-likeness (QED) is 0.732. The van der Waals surface area contributed by atoms with Crippen molar-refractivity contribution in [1.82, 2.24) is 10.0 Å². The van der Waals surface area contributed by atoms with Gasteiger partial charge in [-0.25, -0.2) is 8.42 Å². The van der Waals surface area contributed by atoms with Crippen molar-refractivity contribution in [3.05, 3.63) is 56.1 Å². The van der Waals surface area contributed by atoms with Gasteiger partial charge in [-0.3, -0.25) is 4.79 Å². The van der Waals surface area contributed by atoms with Gasteiger partial charge in [0.05, 0.1) is 4.34 Å². The van der Waals surface area contributed by atoms with Gasteiger partial charge in [0.15, 0.2) is 0 Å². The second-order valence-electron chi connectivity index (χ2n) is 7.38.